The molecule has 8 heteroatoms. The maximum atomic E-state index is 11.5. The summed E-state index contributed by atoms with van der Waals surface area (Å²) in [5, 5.41) is 20.9. The van der Waals surface area contributed by atoms with Gasteiger partial charge in [-0.05, 0) is 33.4 Å². The van der Waals surface area contributed by atoms with Crippen LogP contribution in [0.5, 0.6) is 0 Å². The van der Waals surface area contributed by atoms with E-state index in [1.165, 1.54) is 0 Å². The lowest BCUT2D eigenvalue weighted by Crippen LogP contribution is -2.53. The third-order valence-electron chi connectivity index (χ3n) is 2.64. The fourth-order valence-corrected chi connectivity index (χ4v) is 4.90. The molecule has 0 amide bonds. The summed E-state index contributed by atoms with van der Waals surface area (Å²) in [6.45, 7) is 7.66. The van der Waals surface area contributed by atoms with Crippen LogP contribution in [-0.2, 0) is 4.79 Å². The predicted octanol–water partition coefficient (Wildman–Crippen LogP) is 2.97. The van der Waals surface area contributed by atoms with Gasteiger partial charge in [-0.1, -0.05) is 41.8 Å². The van der Waals surface area contributed by atoms with Gasteiger partial charge in [0, 0.05) is 11.3 Å². The maximum absolute atomic E-state index is 11.5. The normalized spacial score (nSPS) is 16.1. The van der Waals surface area contributed by atoms with Crippen LogP contribution in [0.15, 0.2) is 8.68 Å². The summed E-state index contributed by atoms with van der Waals surface area (Å²) >= 11 is 4.69. The molecular weight excluding hydrogens is 314 g/mol. The lowest BCUT2D eigenvalue weighted by molar-refractivity contribution is -0.144. The number of nitrogens with zero attached hydrogens (tertiary/aromatic N) is 2. The van der Waals surface area contributed by atoms with Crippen LogP contribution in [0.4, 0.5) is 0 Å². The van der Waals surface area contributed by atoms with Gasteiger partial charge in [0.15, 0.2) is 8.68 Å². The Bertz CT molecular complexity index is 453. The van der Waals surface area contributed by atoms with Crippen LogP contribution in [-0.4, -0.2) is 44.4 Å². The van der Waals surface area contributed by atoms with Crippen molar-refractivity contribution in [3.63, 3.8) is 0 Å². The number of hydrogen-bond donors (Lipinski definition) is 2. The van der Waals surface area contributed by atoms with Crippen LogP contribution in [0.25, 0.3) is 0 Å². The van der Waals surface area contributed by atoms with Crippen LogP contribution in [0.3, 0.4) is 0 Å². The van der Waals surface area contributed by atoms with Crippen molar-refractivity contribution in [1.29, 1.82) is 0 Å². The van der Waals surface area contributed by atoms with Crippen molar-refractivity contribution in [3.8, 4) is 0 Å². The van der Waals surface area contributed by atoms with E-state index in [2.05, 4.69) is 15.5 Å². The van der Waals surface area contributed by atoms with Crippen LogP contribution < -0.4 is 5.32 Å². The standard InChI is InChI=1S/C12H21N3O2S3/c1-7(2)13-12(4,9(16)17)6-8(3)19-11-15-14-10(18-5)20-11/h7-8,13H,6H2,1-5H3,(H,16,17). The van der Waals surface area contributed by atoms with Crippen molar-refractivity contribution in [2.75, 3.05) is 6.26 Å². The first kappa shape index (κ1) is 17.7. The van der Waals surface area contributed by atoms with Gasteiger partial charge in [-0.15, -0.1) is 10.2 Å². The zero-order valence-corrected chi connectivity index (χ0v) is 14.8. The molecule has 20 heavy (non-hydrogen) atoms. The van der Waals surface area contributed by atoms with E-state index in [4.69, 9.17) is 0 Å². The van der Waals surface area contributed by atoms with E-state index in [1.54, 1.807) is 41.8 Å². The molecular formula is C12H21N3O2S3. The summed E-state index contributed by atoms with van der Waals surface area (Å²) < 4.78 is 1.82. The Kier molecular flexibility index (Phi) is 6.77. The van der Waals surface area contributed by atoms with E-state index in [1.807, 2.05) is 27.0 Å². The first-order valence-electron chi connectivity index (χ1n) is 6.32. The van der Waals surface area contributed by atoms with Gasteiger partial charge in [-0.3, -0.25) is 10.1 Å². The van der Waals surface area contributed by atoms with Gasteiger partial charge in [0.05, 0.1) is 0 Å². The van der Waals surface area contributed by atoms with Gasteiger partial charge in [0.25, 0.3) is 0 Å². The van der Waals surface area contributed by atoms with Crippen LogP contribution >= 0.6 is 34.9 Å². The molecule has 2 unspecified atom stereocenters. The van der Waals surface area contributed by atoms with Crippen LogP contribution in [0.2, 0.25) is 0 Å². The molecule has 0 spiro atoms. The molecule has 2 atom stereocenters. The highest BCUT2D eigenvalue weighted by atomic mass is 32.2. The van der Waals surface area contributed by atoms with Gasteiger partial charge in [0.1, 0.15) is 5.54 Å². The molecule has 0 aliphatic heterocycles. The molecule has 1 heterocycles. The van der Waals surface area contributed by atoms with Crippen LogP contribution in [0, 0.1) is 0 Å². The molecule has 0 radical (unpaired) electrons. The Morgan fingerprint density at radius 3 is 2.45 bits per heavy atom. The minimum absolute atomic E-state index is 0.123. The minimum atomic E-state index is -0.923. The molecule has 0 fully saturated rings. The van der Waals surface area contributed by atoms with Gasteiger partial charge in [0.2, 0.25) is 0 Å². The quantitative estimate of drug-likeness (QED) is 0.707. The predicted molar refractivity (Wildman–Crippen MR) is 85.9 cm³/mol. The SMILES string of the molecule is CSc1nnc(SC(C)CC(C)(NC(C)C)C(=O)O)s1. The van der Waals surface area contributed by atoms with Gasteiger partial charge in [-0.2, -0.15) is 0 Å². The molecule has 5 nitrogen and oxygen atoms in total. The highest BCUT2D eigenvalue weighted by molar-refractivity contribution is 8.03. The van der Waals surface area contributed by atoms with Crippen molar-refractivity contribution in [2.24, 2.45) is 0 Å². The average molecular weight is 336 g/mol. The molecule has 114 valence electrons. The summed E-state index contributed by atoms with van der Waals surface area (Å²) in [4.78, 5) is 11.5. The molecule has 1 aromatic rings. The zero-order valence-electron chi connectivity index (χ0n) is 12.3. The smallest absolute Gasteiger partial charge is 0.323 e. The third kappa shape index (κ3) is 5.23. The second-order valence-electron chi connectivity index (χ2n) is 5.11. The lowest BCUT2D eigenvalue weighted by Gasteiger charge is -2.30. The molecule has 0 bridgehead atoms. The molecule has 2 N–H and O–H groups in total. The average Bonchev–Trinajstić information content (AvgIpc) is 2.74. The second-order valence-corrected chi connectivity index (χ2v) is 8.82. The minimum Gasteiger partial charge on any atom is -0.480 e. The van der Waals surface area contributed by atoms with E-state index in [-0.39, 0.29) is 11.3 Å². The van der Waals surface area contributed by atoms with E-state index in [9.17, 15) is 9.90 Å². The topological polar surface area (TPSA) is 75.1 Å². The fraction of sp³-hybridized carbons (Fsp3) is 0.750. The Morgan fingerprint density at radius 2 is 2.00 bits per heavy atom. The number of nitrogens with one attached hydrogen (secondary N) is 1. The van der Waals surface area contributed by atoms with Crippen LogP contribution in [0.1, 0.15) is 34.1 Å². The number of hydrogen-bond acceptors (Lipinski definition) is 7. The number of aromatic nitrogens is 2. The van der Waals surface area contributed by atoms with E-state index >= 15 is 0 Å². The molecule has 1 rings (SSSR count). The second kappa shape index (κ2) is 7.63. The first-order chi connectivity index (χ1) is 9.26. The van der Waals surface area contributed by atoms with E-state index in [0.717, 1.165) is 8.68 Å². The largest absolute Gasteiger partial charge is 0.480 e. The number of rotatable bonds is 8. The monoisotopic (exact) mass is 335 g/mol. The Morgan fingerprint density at radius 1 is 1.40 bits per heavy atom. The van der Waals surface area contributed by atoms with Crippen molar-refractivity contribution in [1.82, 2.24) is 15.5 Å². The van der Waals surface area contributed by atoms with Crippen molar-refractivity contribution in [3.05, 3.63) is 0 Å². The fourth-order valence-electron chi connectivity index (χ4n) is 1.96. The molecule has 0 saturated carbocycles. The molecule has 0 aliphatic rings. The third-order valence-corrected chi connectivity index (χ3v) is 5.72. The van der Waals surface area contributed by atoms with Gasteiger partial charge in [-0.25, -0.2) is 0 Å². The van der Waals surface area contributed by atoms with Gasteiger partial charge >= 0.3 is 5.97 Å². The number of thioether (sulfide) groups is 2. The summed E-state index contributed by atoms with van der Waals surface area (Å²) in [5.41, 5.74) is -0.923. The number of carboxylic acids is 1. The van der Waals surface area contributed by atoms with Crippen molar-refractivity contribution in [2.45, 2.75) is 59.6 Å². The number of carbonyl (C=O) groups is 1. The van der Waals surface area contributed by atoms with Gasteiger partial charge < -0.3 is 5.11 Å². The Labute approximate surface area is 132 Å². The Hall–Kier alpha value is -0.310. The zero-order chi connectivity index (χ0) is 15.3. The molecule has 0 saturated heterocycles. The maximum Gasteiger partial charge on any atom is 0.323 e. The number of carboxylic acid groups (broad SMARTS) is 1. The molecule has 1 aromatic heterocycles. The summed E-state index contributed by atoms with van der Waals surface area (Å²) in [6.07, 6.45) is 2.49. The molecule has 0 aliphatic carbocycles. The highest BCUT2D eigenvalue weighted by Crippen LogP contribution is 2.33. The van der Waals surface area contributed by atoms with Crippen molar-refractivity contribution >= 4 is 40.8 Å². The molecule has 0 aromatic carbocycles. The van der Waals surface area contributed by atoms with Crippen molar-refractivity contribution < 1.29 is 9.90 Å². The Balaban J connectivity index is 2.66. The van der Waals surface area contributed by atoms with E-state index in [0.29, 0.717) is 6.42 Å². The summed E-state index contributed by atoms with van der Waals surface area (Å²) in [7, 11) is 0. The first-order valence-corrected chi connectivity index (χ1v) is 9.24. The lowest BCUT2D eigenvalue weighted by atomic mass is 9.95. The highest BCUT2D eigenvalue weighted by Gasteiger charge is 2.35. The summed E-state index contributed by atoms with van der Waals surface area (Å²) in [5.74, 6) is -0.819. The summed E-state index contributed by atoms with van der Waals surface area (Å²) in [6, 6.07) is 0.123. The number of aliphatic carboxylic acids is 1. The van der Waals surface area contributed by atoms with E-state index < -0.39 is 11.5 Å².